The number of rotatable bonds is 30. The second-order valence-corrected chi connectivity index (χ2v) is 11.6. The van der Waals surface area contributed by atoms with Gasteiger partial charge in [0.05, 0.1) is 12.2 Å². The summed E-state index contributed by atoms with van der Waals surface area (Å²) in [5.41, 5.74) is 0. The minimum Gasteiger partial charge on any atom is -0.393 e. The van der Waals surface area contributed by atoms with Gasteiger partial charge in [0.1, 0.15) is 0 Å². The van der Waals surface area contributed by atoms with Crippen LogP contribution in [0.5, 0.6) is 0 Å². The Labute approximate surface area is 222 Å². The van der Waals surface area contributed by atoms with Crippen molar-refractivity contribution in [2.24, 2.45) is 0 Å². The molecule has 0 aliphatic heterocycles. The molecule has 0 aliphatic rings. The third-order valence-corrected chi connectivity index (χ3v) is 7.83. The Hall–Kier alpha value is -0.0800. The normalized spacial score (nSPS) is 13.4. The van der Waals surface area contributed by atoms with Crippen LogP contribution in [0.4, 0.5) is 0 Å². The Morgan fingerprint density at radius 1 is 0.314 bits per heavy atom. The van der Waals surface area contributed by atoms with Gasteiger partial charge >= 0.3 is 0 Å². The smallest absolute Gasteiger partial charge is 0.0564 e. The van der Waals surface area contributed by atoms with Gasteiger partial charge < -0.3 is 10.2 Å². The van der Waals surface area contributed by atoms with Crippen molar-refractivity contribution in [2.75, 3.05) is 0 Å². The maximum atomic E-state index is 10.1. The summed E-state index contributed by atoms with van der Waals surface area (Å²) < 4.78 is 0. The van der Waals surface area contributed by atoms with Crippen LogP contribution in [-0.2, 0) is 0 Å². The van der Waals surface area contributed by atoms with Gasteiger partial charge in [-0.2, -0.15) is 0 Å². The summed E-state index contributed by atoms with van der Waals surface area (Å²) in [6.07, 6.45) is 37.6. The lowest BCUT2D eigenvalue weighted by Gasteiger charge is -2.15. The maximum Gasteiger partial charge on any atom is 0.0564 e. The highest BCUT2D eigenvalue weighted by Gasteiger charge is 2.11. The lowest BCUT2D eigenvalue weighted by Crippen LogP contribution is -2.17. The van der Waals surface area contributed by atoms with Crippen LogP contribution in [0.15, 0.2) is 0 Å². The van der Waals surface area contributed by atoms with E-state index in [1.165, 1.54) is 154 Å². The molecule has 0 radical (unpaired) electrons. The summed E-state index contributed by atoms with van der Waals surface area (Å²) >= 11 is 0. The van der Waals surface area contributed by atoms with Crippen molar-refractivity contribution < 1.29 is 10.2 Å². The minimum absolute atomic E-state index is 0.304. The zero-order valence-electron chi connectivity index (χ0n) is 24.6. The highest BCUT2D eigenvalue weighted by molar-refractivity contribution is 4.64. The Balaban J connectivity index is 3.14. The van der Waals surface area contributed by atoms with E-state index in [0.29, 0.717) is 6.42 Å². The van der Waals surface area contributed by atoms with E-state index in [0.717, 1.165) is 25.7 Å². The molecule has 212 valence electrons. The number of hydrogen-bond donors (Lipinski definition) is 2. The second kappa shape index (κ2) is 30.1. The van der Waals surface area contributed by atoms with Gasteiger partial charge in [0.15, 0.2) is 0 Å². The standard InChI is InChI=1S/C33H68O2/c1-3-5-7-8-9-10-11-12-13-14-15-16-17-18-19-20-21-22-23-24-25-26-28-30-33(35)31-32(34)29-27-6-4-2/h32-35H,3-31H2,1-2H3. The first-order valence-electron chi connectivity index (χ1n) is 16.6. The van der Waals surface area contributed by atoms with Crippen molar-refractivity contribution in [1.29, 1.82) is 0 Å². The van der Waals surface area contributed by atoms with Crippen molar-refractivity contribution in [3.05, 3.63) is 0 Å². The van der Waals surface area contributed by atoms with Crippen LogP contribution in [0, 0.1) is 0 Å². The summed E-state index contributed by atoms with van der Waals surface area (Å²) in [5.74, 6) is 0. The Morgan fingerprint density at radius 3 is 0.800 bits per heavy atom. The van der Waals surface area contributed by atoms with E-state index in [1.807, 2.05) is 0 Å². The highest BCUT2D eigenvalue weighted by Crippen LogP contribution is 2.17. The van der Waals surface area contributed by atoms with Gasteiger partial charge in [-0.05, 0) is 19.3 Å². The molecule has 0 spiro atoms. The molecular weight excluding hydrogens is 428 g/mol. The highest BCUT2D eigenvalue weighted by atomic mass is 16.3. The third-order valence-electron chi connectivity index (χ3n) is 7.83. The van der Waals surface area contributed by atoms with Crippen LogP contribution in [0.1, 0.15) is 200 Å². The Morgan fingerprint density at radius 2 is 0.514 bits per heavy atom. The summed E-state index contributed by atoms with van der Waals surface area (Å²) in [5, 5.41) is 20.1. The molecule has 0 fully saturated rings. The van der Waals surface area contributed by atoms with E-state index in [1.54, 1.807) is 0 Å². The fourth-order valence-corrected chi connectivity index (χ4v) is 5.35. The van der Waals surface area contributed by atoms with Crippen LogP contribution in [-0.4, -0.2) is 22.4 Å². The molecule has 2 atom stereocenters. The molecule has 0 amide bonds. The molecule has 0 aromatic rings. The molecule has 2 unspecified atom stereocenters. The molecule has 0 aliphatic carbocycles. The quantitative estimate of drug-likeness (QED) is 0.0970. The van der Waals surface area contributed by atoms with Crippen LogP contribution in [0.25, 0.3) is 0 Å². The van der Waals surface area contributed by atoms with Crippen molar-refractivity contribution in [3.63, 3.8) is 0 Å². The van der Waals surface area contributed by atoms with Crippen molar-refractivity contribution in [1.82, 2.24) is 0 Å². The monoisotopic (exact) mass is 497 g/mol. The topological polar surface area (TPSA) is 40.5 Å². The predicted molar refractivity (Wildman–Crippen MR) is 157 cm³/mol. The van der Waals surface area contributed by atoms with Gasteiger partial charge in [-0.3, -0.25) is 0 Å². The van der Waals surface area contributed by atoms with Crippen LogP contribution >= 0.6 is 0 Å². The zero-order valence-corrected chi connectivity index (χ0v) is 24.6. The Kier molecular flexibility index (Phi) is 30.1. The number of unbranched alkanes of at least 4 members (excludes halogenated alkanes) is 24. The van der Waals surface area contributed by atoms with Gasteiger partial charge in [0.25, 0.3) is 0 Å². The van der Waals surface area contributed by atoms with Crippen molar-refractivity contribution >= 4 is 0 Å². The molecule has 2 nitrogen and oxygen atoms in total. The summed E-state index contributed by atoms with van der Waals surface area (Å²) in [6, 6.07) is 0. The maximum absolute atomic E-state index is 10.1. The lowest BCUT2D eigenvalue weighted by atomic mass is 10.00. The van der Waals surface area contributed by atoms with Gasteiger partial charge in [-0.1, -0.05) is 181 Å². The molecule has 2 N–H and O–H groups in total. The molecule has 0 bridgehead atoms. The average molecular weight is 497 g/mol. The van der Waals surface area contributed by atoms with Gasteiger partial charge in [0.2, 0.25) is 0 Å². The molecule has 35 heavy (non-hydrogen) atoms. The van der Waals surface area contributed by atoms with E-state index in [-0.39, 0.29) is 12.2 Å². The summed E-state index contributed by atoms with van der Waals surface area (Å²) in [7, 11) is 0. The van der Waals surface area contributed by atoms with E-state index in [9.17, 15) is 10.2 Å². The third kappa shape index (κ3) is 30.0. The van der Waals surface area contributed by atoms with Crippen LogP contribution < -0.4 is 0 Å². The lowest BCUT2D eigenvalue weighted by molar-refractivity contribution is 0.0681. The fraction of sp³-hybridized carbons (Fsp3) is 1.00. The van der Waals surface area contributed by atoms with Gasteiger partial charge in [-0.15, -0.1) is 0 Å². The Bertz CT molecular complexity index is 370. The molecule has 0 aromatic carbocycles. The molecule has 0 aromatic heterocycles. The molecule has 2 heteroatoms. The van der Waals surface area contributed by atoms with E-state index in [2.05, 4.69) is 13.8 Å². The fourth-order valence-electron chi connectivity index (χ4n) is 5.35. The largest absolute Gasteiger partial charge is 0.393 e. The summed E-state index contributed by atoms with van der Waals surface area (Å²) in [4.78, 5) is 0. The average Bonchev–Trinajstić information content (AvgIpc) is 2.84. The molecule has 0 heterocycles. The number of aliphatic hydroxyl groups excluding tert-OH is 2. The first kappa shape index (κ1) is 34.9. The molecule has 0 saturated carbocycles. The van der Waals surface area contributed by atoms with E-state index in [4.69, 9.17) is 0 Å². The van der Waals surface area contributed by atoms with E-state index < -0.39 is 0 Å². The van der Waals surface area contributed by atoms with Crippen molar-refractivity contribution in [3.8, 4) is 0 Å². The number of aliphatic hydroxyl groups is 2. The first-order chi connectivity index (χ1) is 17.2. The molecule has 0 saturated heterocycles. The van der Waals surface area contributed by atoms with Crippen molar-refractivity contribution in [2.45, 2.75) is 212 Å². The minimum atomic E-state index is -0.305. The predicted octanol–water partition coefficient (Wildman–Crippen LogP) is 11.1. The van der Waals surface area contributed by atoms with Gasteiger partial charge in [0, 0.05) is 0 Å². The number of hydrogen-bond acceptors (Lipinski definition) is 2. The summed E-state index contributed by atoms with van der Waals surface area (Å²) in [6.45, 7) is 4.48. The molecule has 0 rings (SSSR count). The zero-order chi connectivity index (χ0) is 25.7. The van der Waals surface area contributed by atoms with Gasteiger partial charge in [-0.25, -0.2) is 0 Å². The SMILES string of the molecule is CCCCCCCCCCCCCCCCCCCCCCCCCC(O)CC(O)CCCCC. The second-order valence-electron chi connectivity index (χ2n) is 11.6. The van der Waals surface area contributed by atoms with E-state index >= 15 is 0 Å². The first-order valence-corrected chi connectivity index (χ1v) is 16.6. The van der Waals surface area contributed by atoms with Crippen LogP contribution in [0.3, 0.4) is 0 Å². The molecular formula is C33H68O2. The van der Waals surface area contributed by atoms with Crippen LogP contribution in [0.2, 0.25) is 0 Å².